The van der Waals surface area contributed by atoms with Crippen molar-refractivity contribution in [2.24, 2.45) is 0 Å². The molecule has 0 atom stereocenters. The Morgan fingerprint density at radius 3 is 2.59 bits per heavy atom. The molecule has 22 heavy (non-hydrogen) atoms. The molecule has 1 N–H and O–H groups in total. The maximum Gasteiger partial charge on any atom is 0.337 e. The molecule has 3 rings (SSSR count). The van der Waals surface area contributed by atoms with Crippen LogP contribution in [-0.2, 0) is 9.53 Å². The van der Waals surface area contributed by atoms with Gasteiger partial charge in [-0.1, -0.05) is 23.7 Å². The fourth-order valence-corrected chi connectivity index (χ4v) is 2.48. The van der Waals surface area contributed by atoms with Gasteiger partial charge >= 0.3 is 5.97 Å². The summed E-state index contributed by atoms with van der Waals surface area (Å²) in [6.45, 7) is 0. The van der Waals surface area contributed by atoms with Crippen LogP contribution in [0.2, 0.25) is 5.02 Å². The number of esters is 1. The number of hydrogen-bond acceptors (Lipinski definition) is 3. The molecule has 110 valence electrons. The molecular weight excluding hydrogens is 302 g/mol. The molecule has 0 aromatic heterocycles. The minimum atomic E-state index is -0.394. The molecule has 2 aromatic carbocycles. The van der Waals surface area contributed by atoms with Crippen molar-refractivity contribution in [1.29, 1.82) is 0 Å². The van der Waals surface area contributed by atoms with E-state index in [1.54, 1.807) is 48.5 Å². The van der Waals surface area contributed by atoms with E-state index in [-0.39, 0.29) is 5.91 Å². The van der Waals surface area contributed by atoms with Crippen LogP contribution in [0.1, 0.15) is 21.5 Å². The summed E-state index contributed by atoms with van der Waals surface area (Å²) in [6.07, 6.45) is 1.76. The van der Waals surface area contributed by atoms with Gasteiger partial charge in [0.1, 0.15) is 0 Å². The SMILES string of the molecule is COC(=O)c1ccc(/C=C2/C(=O)Nc3ccc(Cl)cc32)cc1. The third-order valence-electron chi connectivity index (χ3n) is 3.41. The monoisotopic (exact) mass is 313 g/mol. The fourth-order valence-electron chi connectivity index (χ4n) is 2.30. The number of halogens is 1. The average molecular weight is 314 g/mol. The van der Waals surface area contributed by atoms with Crippen molar-refractivity contribution in [2.45, 2.75) is 0 Å². The highest BCUT2D eigenvalue weighted by molar-refractivity contribution is 6.36. The lowest BCUT2D eigenvalue weighted by atomic mass is 10.0. The Morgan fingerprint density at radius 1 is 1.18 bits per heavy atom. The lowest BCUT2D eigenvalue weighted by Crippen LogP contribution is -2.03. The van der Waals surface area contributed by atoms with Gasteiger partial charge in [0.25, 0.3) is 5.91 Å². The van der Waals surface area contributed by atoms with Gasteiger partial charge in [-0.3, -0.25) is 4.79 Å². The Hall–Kier alpha value is -2.59. The van der Waals surface area contributed by atoms with Gasteiger partial charge in [-0.05, 0) is 42.0 Å². The van der Waals surface area contributed by atoms with Crippen LogP contribution in [0, 0.1) is 0 Å². The molecule has 0 saturated heterocycles. The lowest BCUT2D eigenvalue weighted by Gasteiger charge is -2.01. The summed E-state index contributed by atoms with van der Waals surface area (Å²) < 4.78 is 4.65. The van der Waals surface area contributed by atoms with Gasteiger partial charge in [-0.15, -0.1) is 0 Å². The topological polar surface area (TPSA) is 55.4 Å². The smallest absolute Gasteiger partial charge is 0.337 e. The van der Waals surface area contributed by atoms with Crippen molar-refractivity contribution in [3.63, 3.8) is 0 Å². The van der Waals surface area contributed by atoms with Crippen LogP contribution >= 0.6 is 11.6 Å². The third kappa shape index (κ3) is 2.61. The van der Waals surface area contributed by atoms with E-state index in [0.29, 0.717) is 16.2 Å². The van der Waals surface area contributed by atoms with E-state index in [2.05, 4.69) is 10.1 Å². The van der Waals surface area contributed by atoms with Crippen molar-refractivity contribution >= 4 is 40.8 Å². The van der Waals surface area contributed by atoms with Crippen LogP contribution < -0.4 is 5.32 Å². The van der Waals surface area contributed by atoms with Crippen LogP contribution in [0.3, 0.4) is 0 Å². The van der Waals surface area contributed by atoms with Crippen LogP contribution in [0.25, 0.3) is 11.6 Å². The number of ether oxygens (including phenoxy) is 1. The molecular formula is C17H12ClNO3. The molecule has 0 bridgehead atoms. The first-order valence-corrected chi connectivity index (χ1v) is 6.97. The summed E-state index contributed by atoms with van der Waals surface area (Å²) in [7, 11) is 1.34. The van der Waals surface area contributed by atoms with Gasteiger partial charge in [0, 0.05) is 21.8 Å². The van der Waals surface area contributed by atoms with Crippen LogP contribution in [0.5, 0.6) is 0 Å². The Balaban J connectivity index is 1.97. The molecule has 0 unspecified atom stereocenters. The number of fused-ring (bicyclic) bond motifs is 1. The van der Waals surface area contributed by atoms with E-state index in [1.165, 1.54) is 7.11 Å². The van der Waals surface area contributed by atoms with Crippen molar-refractivity contribution in [2.75, 3.05) is 12.4 Å². The maximum absolute atomic E-state index is 12.1. The lowest BCUT2D eigenvalue weighted by molar-refractivity contribution is -0.110. The summed E-state index contributed by atoms with van der Waals surface area (Å²) in [6, 6.07) is 12.1. The van der Waals surface area contributed by atoms with E-state index in [4.69, 9.17) is 11.6 Å². The zero-order valence-electron chi connectivity index (χ0n) is 11.7. The summed E-state index contributed by atoms with van der Waals surface area (Å²) in [4.78, 5) is 23.5. The zero-order chi connectivity index (χ0) is 15.7. The normalized spacial score (nSPS) is 14.6. The molecule has 0 spiro atoms. The first-order chi connectivity index (χ1) is 10.6. The minimum Gasteiger partial charge on any atom is -0.465 e. The summed E-state index contributed by atoms with van der Waals surface area (Å²) in [5.74, 6) is -0.566. The Labute approximate surface area is 132 Å². The number of nitrogens with one attached hydrogen (secondary N) is 1. The molecule has 0 fully saturated rings. The maximum atomic E-state index is 12.1. The molecule has 0 saturated carbocycles. The molecule has 0 radical (unpaired) electrons. The fraction of sp³-hybridized carbons (Fsp3) is 0.0588. The van der Waals surface area contributed by atoms with Crippen molar-refractivity contribution < 1.29 is 14.3 Å². The largest absolute Gasteiger partial charge is 0.465 e. The second kappa shape index (κ2) is 5.66. The number of amides is 1. The number of carbonyl (C=O) groups excluding carboxylic acids is 2. The Bertz CT molecular complexity index is 794. The number of hydrogen-bond donors (Lipinski definition) is 1. The van der Waals surface area contributed by atoms with Crippen molar-refractivity contribution in [3.05, 3.63) is 64.2 Å². The van der Waals surface area contributed by atoms with Crippen LogP contribution in [0.15, 0.2) is 42.5 Å². The van der Waals surface area contributed by atoms with E-state index >= 15 is 0 Å². The predicted molar refractivity (Wildman–Crippen MR) is 85.7 cm³/mol. The summed E-state index contributed by atoms with van der Waals surface area (Å²) in [5, 5.41) is 3.37. The number of carbonyl (C=O) groups is 2. The number of benzene rings is 2. The highest BCUT2D eigenvalue weighted by Crippen LogP contribution is 2.34. The molecule has 1 amide bonds. The quantitative estimate of drug-likeness (QED) is 0.680. The number of anilines is 1. The molecule has 0 aliphatic carbocycles. The Morgan fingerprint density at radius 2 is 1.91 bits per heavy atom. The molecule has 5 heteroatoms. The molecule has 4 nitrogen and oxygen atoms in total. The standard InChI is InChI=1S/C17H12ClNO3/c1-22-17(21)11-4-2-10(3-5-11)8-14-13-9-12(18)6-7-15(13)19-16(14)20/h2-9H,1H3,(H,19,20)/b14-8+. The van der Waals surface area contributed by atoms with E-state index in [9.17, 15) is 9.59 Å². The summed E-state index contributed by atoms with van der Waals surface area (Å²) in [5.41, 5.74) is 3.33. The van der Waals surface area contributed by atoms with E-state index in [0.717, 1.165) is 16.8 Å². The van der Waals surface area contributed by atoms with E-state index < -0.39 is 5.97 Å². The second-order valence-corrected chi connectivity index (χ2v) is 5.25. The Kier molecular flexibility index (Phi) is 3.69. The molecule has 1 heterocycles. The first kappa shape index (κ1) is 14.4. The van der Waals surface area contributed by atoms with Crippen molar-refractivity contribution in [3.8, 4) is 0 Å². The van der Waals surface area contributed by atoms with Gasteiger partial charge < -0.3 is 10.1 Å². The van der Waals surface area contributed by atoms with Crippen LogP contribution in [0.4, 0.5) is 5.69 Å². The molecule has 1 aliphatic heterocycles. The second-order valence-electron chi connectivity index (χ2n) is 4.82. The van der Waals surface area contributed by atoms with Crippen LogP contribution in [-0.4, -0.2) is 19.0 Å². The third-order valence-corrected chi connectivity index (χ3v) is 3.64. The van der Waals surface area contributed by atoms with Gasteiger partial charge in [-0.25, -0.2) is 4.79 Å². The first-order valence-electron chi connectivity index (χ1n) is 6.60. The minimum absolute atomic E-state index is 0.172. The molecule has 1 aliphatic rings. The van der Waals surface area contributed by atoms with E-state index in [1.807, 2.05) is 0 Å². The van der Waals surface area contributed by atoms with Gasteiger partial charge in [0.05, 0.1) is 12.7 Å². The van der Waals surface area contributed by atoms with Gasteiger partial charge in [0.15, 0.2) is 0 Å². The average Bonchev–Trinajstić information content (AvgIpc) is 2.83. The van der Waals surface area contributed by atoms with Gasteiger partial charge in [0.2, 0.25) is 0 Å². The molecule has 2 aromatic rings. The number of rotatable bonds is 2. The highest BCUT2D eigenvalue weighted by Gasteiger charge is 2.24. The number of methoxy groups -OCH3 is 1. The zero-order valence-corrected chi connectivity index (χ0v) is 12.5. The van der Waals surface area contributed by atoms with Gasteiger partial charge in [-0.2, -0.15) is 0 Å². The van der Waals surface area contributed by atoms with Crippen molar-refractivity contribution in [1.82, 2.24) is 0 Å². The summed E-state index contributed by atoms with van der Waals surface area (Å²) >= 11 is 5.99. The highest BCUT2D eigenvalue weighted by atomic mass is 35.5. The predicted octanol–water partition coefficient (Wildman–Crippen LogP) is 3.62.